The van der Waals surface area contributed by atoms with Crippen LogP contribution >= 0.6 is 0 Å². The van der Waals surface area contributed by atoms with Crippen LogP contribution in [0.1, 0.15) is 6.42 Å². The van der Waals surface area contributed by atoms with Gasteiger partial charge in [-0.2, -0.15) is 13.2 Å². The first-order chi connectivity index (χ1) is 9.86. The molecule has 1 unspecified atom stereocenters. The molecule has 8 nitrogen and oxygen atoms in total. The first kappa shape index (κ1) is 17.2. The molecule has 1 aliphatic rings. The first-order valence-electron chi connectivity index (χ1n) is 5.31. The monoisotopic (exact) mass is 324 g/mol. The zero-order chi connectivity index (χ0) is 17.5. The lowest BCUT2D eigenvalue weighted by Gasteiger charge is -2.34. The number of hydrogen-bond donors (Lipinski definition) is 4. The molecule has 0 aromatic carbocycles. The average Bonchev–Trinajstić information content (AvgIpc) is 2.34. The first-order valence-corrected chi connectivity index (χ1v) is 5.31. The number of carbonyl (C=O) groups is 4. The van der Waals surface area contributed by atoms with E-state index in [4.69, 9.17) is 20.4 Å². The van der Waals surface area contributed by atoms with Gasteiger partial charge in [0.25, 0.3) is 0 Å². The van der Waals surface area contributed by atoms with Gasteiger partial charge in [-0.1, -0.05) is 0 Å². The van der Waals surface area contributed by atoms with Crippen molar-refractivity contribution in [3.8, 4) is 0 Å². The molecule has 0 heterocycles. The average molecular weight is 324 g/mol. The molecule has 0 spiro atoms. The van der Waals surface area contributed by atoms with Crippen LogP contribution in [0.3, 0.4) is 0 Å². The number of halogens is 3. The largest absolute Gasteiger partial charge is 0.480 e. The van der Waals surface area contributed by atoms with Crippen molar-refractivity contribution in [2.24, 2.45) is 5.41 Å². The molecule has 1 aliphatic carbocycles. The third-order valence-corrected chi connectivity index (χ3v) is 3.08. The molecule has 1 rings (SSSR count). The van der Waals surface area contributed by atoms with Crippen molar-refractivity contribution >= 4 is 23.9 Å². The highest BCUT2D eigenvalue weighted by Crippen LogP contribution is 2.51. The van der Waals surface area contributed by atoms with Crippen molar-refractivity contribution in [1.82, 2.24) is 0 Å². The highest BCUT2D eigenvalue weighted by Gasteiger charge is 2.66. The van der Waals surface area contributed by atoms with E-state index < -0.39 is 58.6 Å². The number of hydrogen-bond acceptors (Lipinski definition) is 4. The quantitative estimate of drug-likeness (QED) is 0.584. The fourth-order valence-corrected chi connectivity index (χ4v) is 2.00. The third kappa shape index (κ3) is 2.40. The van der Waals surface area contributed by atoms with E-state index in [0.29, 0.717) is 0 Å². The summed E-state index contributed by atoms with van der Waals surface area (Å²) in [5, 5.41) is 35.3. The molecule has 1 atom stereocenters. The summed E-state index contributed by atoms with van der Waals surface area (Å²) in [6.45, 7) is 0. The molecule has 22 heavy (non-hydrogen) atoms. The summed E-state index contributed by atoms with van der Waals surface area (Å²) >= 11 is 0. The Kier molecular flexibility index (Phi) is 4.04. The van der Waals surface area contributed by atoms with Gasteiger partial charge in [0.1, 0.15) is 0 Å². The minimum Gasteiger partial charge on any atom is -0.480 e. The van der Waals surface area contributed by atoms with E-state index in [-0.39, 0.29) is 6.08 Å². The highest BCUT2D eigenvalue weighted by atomic mass is 19.4. The van der Waals surface area contributed by atoms with Crippen LogP contribution in [0, 0.1) is 5.41 Å². The van der Waals surface area contributed by atoms with Gasteiger partial charge in [-0.15, -0.1) is 0 Å². The van der Waals surface area contributed by atoms with Crippen LogP contribution in [0.5, 0.6) is 0 Å². The van der Waals surface area contributed by atoms with Gasteiger partial charge in [0, 0.05) is 6.42 Å². The fraction of sp³-hybridized carbons (Fsp3) is 0.273. The maximum absolute atomic E-state index is 13.2. The Hall–Kier alpha value is -2.85. The van der Waals surface area contributed by atoms with Crippen molar-refractivity contribution in [2.75, 3.05) is 0 Å². The third-order valence-electron chi connectivity index (χ3n) is 3.08. The number of carboxylic acid groups (broad SMARTS) is 4. The molecule has 0 saturated carbocycles. The van der Waals surface area contributed by atoms with Gasteiger partial charge < -0.3 is 20.4 Å². The van der Waals surface area contributed by atoms with Crippen molar-refractivity contribution in [1.29, 1.82) is 0 Å². The molecule has 0 amide bonds. The SMILES string of the molecule is O=C(O)C1=CC(C(=O)O)=C(C(=O)O)CC1(C(=O)O)C(F)(F)F. The van der Waals surface area contributed by atoms with Gasteiger partial charge in [0.2, 0.25) is 0 Å². The van der Waals surface area contributed by atoms with Crippen molar-refractivity contribution < 1.29 is 52.8 Å². The molecule has 120 valence electrons. The molecule has 0 saturated heterocycles. The molecule has 0 bridgehead atoms. The summed E-state index contributed by atoms with van der Waals surface area (Å²) in [6.07, 6.45) is -7.59. The fourth-order valence-electron chi connectivity index (χ4n) is 2.00. The van der Waals surface area contributed by atoms with Crippen molar-refractivity contribution in [2.45, 2.75) is 12.6 Å². The Labute approximate surface area is 118 Å². The summed E-state index contributed by atoms with van der Waals surface area (Å²) in [5.74, 6) is -9.04. The van der Waals surface area contributed by atoms with Gasteiger partial charge >= 0.3 is 30.1 Å². The van der Waals surface area contributed by atoms with Crippen LogP contribution in [0.25, 0.3) is 0 Å². The van der Waals surface area contributed by atoms with Crippen LogP contribution < -0.4 is 0 Å². The Bertz CT molecular complexity index is 642. The number of aliphatic carboxylic acids is 4. The van der Waals surface area contributed by atoms with E-state index in [9.17, 15) is 32.3 Å². The number of alkyl halides is 3. The minimum absolute atomic E-state index is 0.0841. The lowest BCUT2D eigenvalue weighted by molar-refractivity contribution is -0.222. The van der Waals surface area contributed by atoms with Gasteiger partial charge in [-0.05, 0) is 6.08 Å². The Morgan fingerprint density at radius 2 is 1.45 bits per heavy atom. The topological polar surface area (TPSA) is 149 Å². The van der Waals surface area contributed by atoms with Gasteiger partial charge in [-0.3, -0.25) is 4.79 Å². The van der Waals surface area contributed by atoms with E-state index in [1.165, 1.54) is 0 Å². The van der Waals surface area contributed by atoms with Gasteiger partial charge in [0.15, 0.2) is 5.41 Å². The maximum Gasteiger partial charge on any atom is 0.409 e. The van der Waals surface area contributed by atoms with Crippen LogP contribution in [0.15, 0.2) is 22.8 Å². The van der Waals surface area contributed by atoms with Crippen LogP contribution in [0.4, 0.5) is 13.2 Å². The second kappa shape index (κ2) is 5.16. The maximum atomic E-state index is 13.2. The van der Waals surface area contributed by atoms with Crippen LogP contribution in [-0.4, -0.2) is 50.5 Å². The highest BCUT2D eigenvalue weighted by molar-refractivity contribution is 6.07. The smallest absolute Gasteiger partial charge is 0.409 e. The van der Waals surface area contributed by atoms with Crippen LogP contribution in [-0.2, 0) is 19.2 Å². The normalized spacial score (nSPS) is 22.0. The molecule has 4 N–H and O–H groups in total. The second-order valence-electron chi connectivity index (χ2n) is 4.25. The molecule has 0 aromatic heterocycles. The summed E-state index contributed by atoms with van der Waals surface area (Å²) in [6, 6.07) is 0. The Morgan fingerprint density at radius 3 is 1.73 bits per heavy atom. The standard InChI is InChI=1S/C11H7F3O8/c12-11(13,14)10(9(21)22)2-4(7(17)18)3(6(15)16)1-5(10)8(19)20/h1H,2H2,(H,15,16)(H,17,18)(H,19,20)(H,21,22). The molecule has 0 aromatic rings. The predicted octanol–water partition coefficient (Wildman–Crippen LogP) is 0.500. The van der Waals surface area contributed by atoms with E-state index in [2.05, 4.69) is 0 Å². The summed E-state index contributed by atoms with van der Waals surface area (Å²) in [7, 11) is 0. The van der Waals surface area contributed by atoms with Crippen molar-refractivity contribution in [3.05, 3.63) is 22.8 Å². The Morgan fingerprint density at radius 1 is 0.955 bits per heavy atom. The summed E-state index contributed by atoms with van der Waals surface area (Å²) in [4.78, 5) is 43.9. The molecular formula is C11H7F3O8. The minimum atomic E-state index is -5.66. The molecule has 0 fully saturated rings. The van der Waals surface area contributed by atoms with Crippen molar-refractivity contribution in [3.63, 3.8) is 0 Å². The summed E-state index contributed by atoms with van der Waals surface area (Å²) in [5.41, 5.74) is -8.39. The van der Waals surface area contributed by atoms with Gasteiger partial charge in [-0.25, -0.2) is 14.4 Å². The second-order valence-corrected chi connectivity index (χ2v) is 4.25. The lowest BCUT2D eigenvalue weighted by Crippen LogP contribution is -2.50. The number of carboxylic acids is 4. The zero-order valence-electron chi connectivity index (χ0n) is 10.3. The van der Waals surface area contributed by atoms with Gasteiger partial charge in [0.05, 0.1) is 16.7 Å². The summed E-state index contributed by atoms with van der Waals surface area (Å²) < 4.78 is 39.5. The van der Waals surface area contributed by atoms with E-state index in [0.717, 1.165) is 0 Å². The lowest BCUT2D eigenvalue weighted by atomic mass is 9.69. The van der Waals surface area contributed by atoms with E-state index in [1.807, 2.05) is 0 Å². The van der Waals surface area contributed by atoms with E-state index in [1.54, 1.807) is 0 Å². The Balaban J connectivity index is 3.83. The number of rotatable bonds is 4. The molecule has 0 radical (unpaired) electrons. The predicted molar refractivity (Wildman–Crippen MR) is 58.8 cm³/mol. The zero-order valence-corrected chi connectivity index (χ0v) is 10.3. The molecule has 11 heteroatoms. The molecule has 0 aliphatic heterocycles. The van der Waals surface area contributed by atoms with Crippen LogP contribution in [0.2, 0.25) is 0 Å². The van der Waals surface area contributed by atoms with E-state index >= 15 is 0 Å². The molecular weight excluding hydrogens is 317 g/mol.